The molecule has 0 aromatic heterocycles. The molecule has 1 aliphatic heterocycles. The van der Waals surface area contributed by atoms with Crippen LogP contribution in [-0.2, 0) is 16.1 Å². The number of piperazine rings is 1. The number of nitrogens with zero attached hydrogens (tertiary/aromatic N) is 2. The third-order valence-corrected chi connectivity index (χ3v) is 5.45. The van der Waals surface area contributed by atoms with E-state index in [-0.39, 0.29) is 25.0 Å². The fraction of sp³-hybridized carbons (Fsp3) is 0.333. The van der Waals surface area contributed by atoms with E-state index in [1.54, 1.807) is 42.4 Å². The van der Waals surface area contributed by atoms with Gasteiger partial charge >= 0.3 is 5.97 Å². The number of amides is 1. The van der Waals surface area contributed by atoms with Crippen LogP contribution in [0.4, 0.5) is 0 Å². The van der Waals surface area contributed by atoms with E-state index in [9.17, 15) is 9.59 Å². The van der Waals surface area contributed by atoms with E-state index >= 15 is 0 Å². The minimum Gasteiger partial charge on any atom is -0.497 e. The van der Waals surface area contributed by atoms with E-state index in [1.165, 1.54) is 0 Å². The molecule has 1 heterocycles. The Morgan fingerprint density at radius 1 is 1.10 bits per heavy atom. The Kier molecular flexibility index (Phi) is 6.90. The minimum atomic E-state index is -0.959. The van der Waals surface area contributed by atoms with Crippen molar-refractivity contribution in [3.63, 3.8) is 0 Å². The van der Waals surface area contributed by atoms with Crippen LogP contribution in [-0.4, -0.2) is 60.6 Å². The summed E-state index contributed by atoms with van der Waals surface area (Å²) in [6.07, 6.45) is 1.55. The first-order valence-electron chi connectivity index (χ1n) is 9.98. The lowest BCUT2D eigenvalue weighted by Gasteiger charge is -2.47. The van der Waals surface area contributed by atoms with Crippen LogP contribution in [0.15, 0.2) is 67.3 Å². The van der Waals surface area contributed by atoms with Gasteiger partial charge in [0.25, 0.3) is 5.91 Å². The Morgan fingerprint density at radius 3 is 2.43 bits per heavy atom. The van der Waals surface area contributed by atoms with Crippen LogP contribution < -0.4 is 4.74 Å². The van der Waals surface area contributed by atoms with E-state index in [1.807, 2.05) is 37.3 Å². The number of carbonyl (C=O) groups excluding carboxylic acids is 2. The van der Waals surface area contributed by atoms with Crippen LogP contribution in [0, 0.1) is 0 Å². The van der Waals surface area contributed by atoms with E-state index in [0.29, 0.717) is 30.9 Å². The molecule has 1 saturated heterocycles. The lowest BCUT2D eigenvalue weighted by Crippen LogP contribution is -2.65. The van der Waals surface area contributed by atoms with Crippen molar-refractivity contribution in [2.75, 3.05) is 33.4 Å². The maximum atomic E-state index is 13.1. The number of hydrogen-bond donors (Lipinski definition) is 0. The summed E-state index contributed by atoms with van der Waals surface area (Å²) in [4.78, 5) is 29.9. The van der Waals surface area contributed by atoms with Gasteiger partial charge in [0.1, 0.15) is 17.9 Å². The van der Waals surface area contributed by atoms with Crippen molar-refractivity contribution in [2.45, 2.75) is 19.0 Å². The average Bonchev–Trinajstić information content (AvgIpc) is 2.79. The molecule has 6 nitrogen and oxygen atoms in total. The summed E-state index contributed by atoms with van der Waals surface area (Å²) in [6.45, 7) is 7.55. The van der Waals surface area contributed by atoms with Crippen molar-refractivity contribution in [3.8, 4) is 5.75 Å². The number of rotatable bonds is 7. The van der Waals surface area contributed by atoms with Crippen molar-refractivity contribution < 1.29 is 19.1 Å². The van der Waals surface area contributed by atoms with Gasteiger partial charge in [-0.3, -0.25) is 9.69 Å². The number of carbonyl (C=O) groups is 2. The summed E-state index contributed by atoms with van der Waals surface area (Å²) in [7, 11) is 1.59. The molecule has 30 heavy (non-hydrogen) atoms. The fourth-order valence-electron chi connectivity index (χ4n) is 3.67. The Balaban J connectivity index is 1.82. The maximum Gasteiger partial charge on any atom is 0.328 e. The minimum absolute atomic E-state index is 0.111. The number of esters is 1. The molecule has 0 N–H and O–H groups in total. The standard InChI is InChI=1S/C24H28N2O4/c1-4-16-30-23(28)24(2)18-25(22(27)20-10-12-21(29-3)13-11-20)14-15-26(24)17-19-8-6-5-7-9-19/h4-13H,1,14-18H2,2-3H3. The smallest absolute Gasteiger partial charge is 0.328 e. The topological polar surface area (TPSA) is 59.1 Å². The van der Waals surface area contributed by atoms with E-state index in [4.69, 9.17) is 9.47 Å². The van der Waals surface area contributed by atoms with Crippen molar-refractivity contribution >= 4 is 11.9 Å². The zero-order valence-electron chi connectivity index (χ0n) is 17.5. The molecule has 0 bridgehead atoms. The highest BCUT2D eigenvalue weighted by atomic mass is 16.5. The summed E-state index contributed by atoms with van der Waals surface area (Å²) in [5.74, 6) is 0.224. The lowest BCUT2D eigenvalue weighted by molar-refractivity contribution is -0.160. The molecule has 6 heteroatoms. The number of ether oxygens (including phenoxy) is 2. The van der Waals surface area contributed by atoms with Gasteiger partial charge in [-0.15, -0.1) is 0 Å². The van der Waals surface area contributed by atoms with Crippen molar-refractivity contribution in [3.05, 3.63) is 78.4 Å². The van der Waals surface area contributed by atoms with Crippen LogP contribution in [0.5, 0.6) is 5.75 Å². The SMILES string of the molecule is C=CCOC(=O)C1(C)CN(C(=O)c2ccc(OC)cc2)CCN1Cc1ccccc1. The molecule has 1 amide bonds. The molecule has 1 unspecified atom stereocenters. The number of methoxy groups -OCH3 is 1. The normalized spacial score (nSPS) is 19.2. The molecule has 0 spiro atoms. The molecular formula is C24H28N2O4. The highest BCUT2D eigenvalue weighted by Gasteiger charge is 2.46. The van der Waals surface area contributed by atoms with Gasteiger partial charge < -0.3 is 14.4 Å². The zero-order chi connectivity index (χ0) is 21.6. The zero-order valence-corrected chi connectivity index (χ0v) is 17.5. The first-order valence-corrected chi connectivity index (χ1v) is 9.98. The molecule has 1 aliphatic rings. The average molecular weight is 408 g/mol. The Bertz CT molecular complexity index is 882. The second-order valence-corrected chi connectivity index (χ2v) is 7.52. The van der Waals surface area contributed by atoms with Gasteiger partial charge in [-0.2, -0.15) is 0 Å². The molecule has 1 atom stereocenters. The Hall–Kier alpha value is -3.12. The third-order valence-electron chi connectivity index (χ3n) is 5.45. The van der Waals surface area contributed by atoms with Crippen LogP contribution in [0.1, 0.15) is 22.8 Å². The molecule has 158 valence electrons. The molecule has 0 aliphatic carbocycles. The Labute approximate surface area is 177 Å². The second-order valence-electron chi connectivity index (χ2n) is 7.52. The fourth-order valence-corrected chi connectivity index (χ4v) is 3.67. The molecule has 1 fully saturated rings. The number of benzene rings is 2. The summed E-state index contributed by atoms with van der Waals surface area (Å²) >= 11 is 0. The lowest BCUT2D eigenvalue weighted by atomic mass is 9.94. The molecule has 2 aromatic rings. The van der Waals surface area contributed by atoms with Crippen LogP contribution in [0.2, 0.25) is 0 Å². The molecule has 2 aromatic carbocycles. The van der Waals surface area contributed by atoms with Crippen molar-refractivity contribution in [1.82, 2.24) is 9.80 Å². The van der Waals surface area contributed by atoms with Crippen molar-refractivity contribution in [1.29, 1.82) is 0 Å². The van der Waals surface area contributed by atoms with Crippen LogP contribution >= 0.6 is 0 Å². The largest absolute Gasteiger partial charge is 0.497 e. The first kappa shape index (κ1) is 21.6. The van der Waals surface area contributed by atoms with Gasteiger partial charge in [-0.1, -0.05) is 43.0 Å². The first-order chi connectivity index (χ1) is 14.5. The highest BCUT2D eigenvalue weighted by Crippen LogP contribution is 2.27. The molecule has 0 saturated carbocycles. The van der Waals surface area contributed by atoms with Crippen LogP contribution in [0.25, 0.3) is 0 Å². The monoisotopic (exact) mass is 408 g/mol. The van der Waals surface area contributed by atoms with Crippen LogP contribution in [0.3, 0.4) is 0 Å². The predicted molar refractivity (Wildman–Crippen MR) is 115 cm³/mol. The third kappa shape index (κ3) is 4.71. The van der Waals surface area contributed by atoms with Gasteiger partial charge in [0, 0.05) is 31.7 Å². The van der Waals surface area contributed by atoms with Gasteiger partial charge in [0.15, 0.2) is 0 Å². The summed E-state index contributed by atoms with van der Waals surface area (Å²) in [5, 5.41) is 0. The molecule has 0 radical (unpaired) electrons. The predicted octanol–water partition coefficient (Wildman–Crippen LogP) is 3.14. The maximum absolute atomic E-state index is 13.1. The molecular weight excluding hydrogens is 380 g/mol. The number of hydrogen-bond acceptors (Lipinski definition) is 5. The Morgan fingerprint density at radius 2 is 1.80 bits per heavy atom. The van der Waals surface area contributed by atoms with Crippen molar-refractivity contribution in [2.24, 2.45) is 0 Å². The van der Waals surface area contributed by atoms with Gasteiger partial charge in [-0.05, 0) is 36.8 Å². The second kappa shape index (κ2) is 9.59. The summed E-state index contributed by atoms with van der Waals surface area (Å²) in [5.41, 5.74) is 0.712. The van der Waals surface area contributed by atoms with E-state index in [0.717, 1.165) is 5.56 Å². The molecule has 3 rings (SSSR count). The van der Waals surface area contributed by atoms with E-state index in [2.05, 4.69) is 11.5 Å². The van der Waals surface area contributed by atoms with E-state index < -0.39 is 5.54 Å². The van der Waals surface area contributed by atoms with Gasteiger partial charge in [0.2, 0.25) is 0 Å². The van der Waals surface area contributed by atoms with Gasteiger partial charge in [-0.25, -0.2) is 4.79 Å². The highest BCUT2D eigenvalue weighted by molar-refractivity contribution is 5.95. The summed E-state index contributed by atoms with van der Waals surface area (Å²) in [6, 6.07) is 17.0. The quantitative estimate of drug-likeness (QED) is 0.520. The van der Waals surface area contributed by atoms with Gasteiger partial charge in [0.05, 0.1) is 7.11 Å². The summed E-state index contributed by atoms with van der Waals surface area (Å²) < 4.78 is 10.6.